The van der Waals surface area contributed by atoms with Gasteiger partial charge in [0.1, 0.15) is 0 Å². The number of anilines is 1. The Hall–Kier alpha value is -4.05. The maximum absolute atomic E-state index is 13.2. The highest BCUT2D eigenvalue weighted by atomic mass is 19.4. The SMILES string of the molecule is CC#CCn1c(N2CCNCC2)nc2c1c(=O)n(C)c(=O)n2-c1ccccc1OC(=O)C(F)(F)F. The molecule has 0 spiro atoms. The van der Waals surface area contributed by atoms with Crippen LogP contribution >= 0.6 is 0 Å². The monoisotopic (exact) mass is 490 g/mol. The first-order chi connectivity index (χ1) is 16.6. The topological polar surface area (TPSA) is 103 Å². The number of hydrogen-bond donors (Lipinski definition) is 1. The number of piperazine rings is 1. The third kappa shape index (κ3) is 4.40. The second-order valence-electron chi connectivity index (χ2n) is 7.67. The van der Waals surface area contributed by atoms with Crippen molar-refractivity contribution in [3.8, 4) is 23.3 Å². The second kappa shape index (κ2) is 9.30. The Morgan fingerprint density at radius 1 is 1.20 bits per heavy atom. The molecule has 3 aromatic rings. The molecule has 1 saturated heterocycles. The van der Waals surface area contributed by atoms with Crippen molar-refractivity contribution in [2.24, 2.45) is 7.05 Å². The molecule has 10 nitrogen and oxygen atoms in total. The van der Waals surface area contributed by atoms with Gasteiger partial charge < -0.3 is 15.0 Å². The lowest BCUT2D eigenvalue weighted by atomic mass is 10.3. The summed E-state index contributed by atoms with van der Waals surface area (Å²) in [7, 11) is 1.25. The molecule has 184 valence electrons. The van der Waals surface area contributed by atoms with Crippen LogP contribution < -0.4 is 26.2 Å². The molecule has 0 aliphatic carbocycles. The Morgan fingerprint density at radius 3 is 2.54 bits per heavy atom. The molecule has 1 fully saturated rings. The number of carbonyl (C=O) groups is 1. The first-order valence-corrected chi connectivity index (χ1v) is 10.6. The van der Waals surface area contributed by atoms with Gasteiger partial charge >= 0.3 is 17.8 Å². The van der Waals surface area contributed by atoms with Crippen LogP contribution in [0.3, 0.4) is 0 Å². The van der Waals surface area contributed by atoms with Crippen molar-refractivity contribution in [1.82, 2.24) is 24.0 Å². The standard InChI is InChI=1S/C22H21F3N6O4/c1-3-4-11-30-16-17(27-20(30)29-12-9-26-10-13-29)31(21(34)28(2)18(16)32)14-7-5-6-8-15(14)35-19(33)22(23,24)25/h5-8,26H,9-13H2,1-2H3. The van der Waals surface area contributed by atoms with Gasteiger partial charge in [0.25, 0.3) is 5.56 Å². The zero-order valence-corrected chi connectivity index (χ0v) is 18.8. The highest BCUT2D eigenvalue weighted by molar-refractivity contribution is 5.81. The van der Waals surface area contributed by atoms with E-state index in [1.165, 1.54) is 25.2 Å². The lowest BCUT2D eigenvalue weighted by Gasteiger charge is -2.28. The molecule has 0 radical (unpaired) electrons. The number of aromatic nitrogens is 4. The molecule has 1 aliphatic heterocycles. The number of nitrogens with zero attached hydrogens (tertiary/aromatic N) is 5. The quantitative estimate of drug-likeness (QED) is 0.328. The third-order valence-corrected chi connectivity index (χ3v) is 5.48. The summed E-state index contributed by atoms with van der Waals surface area (Å²) in [6.07, 6.45) is -5.24. The zero-order valence-electron chi connectivity index (χ0n) is 18.8. The van der Waals surface area contributed by atoms with Gasteiger partial charge in [-0.2, -0.15) is 18.2 Å². The Bertz CT molecular complexity index is 1470. The van der Waals surface area contributed by atoms with E-state index in [-0.39, 0.29) is 23.4 Å². The summed E-state index contributed by atoms with van der Waals surface area (Å²) in [5, 5.41) is 3.22. The van der Waals surface area contributed by atoms with Crippen LogP contribution in [0.5, 0.6) is 5.75 Å². The van der Waals surface area contributed by atoms with Gasteiger partial charge in [0.05, 0.1) is 12.2 Å². The molecule has 2 aromatic heterocycles. The van der Waals surface area contributed by atoms with Crippen molar-refractivity contribution in [3.63, 3.8) is 0 Å². The number of benzene rings is 1. The van der Waals surface area contributed by atoms with E-state index in [1.54, 1.807) is 11.5 Å². The molecule has 35 heavy (non-hydrogen) atoms. The van der Waals surface area contributed by atoms with Gasteiger partial charge in [-0.1, -0.05) is 18.1 Å². The average Bonchev–Trinajstić information content (AvgIpc) is 3.21. The minimum absolute atomic E-state index is 0.0420. The number of nitrogens with one attached hydrogen (secondary N) is 1. The Labute approximate surface area is 196 Å². The number of ether oxygens (including phenoxy) is 1. The Balaban J connectivity index is 2.03. The number of carbonyl (C=O) groups excluding carboxylic acids is 1. The molecule has 0 amide bonds. The van der Waals surface area contributed by atoms with E-state index in [0.717, 1.165) is 15.2 Å². The van der Waals surface area contributed by atoms with E-state index >= 15 is 0 Å². The molecule has 1 aromatic carbocycles. The maximum atomic E-state index is 13.2. The molecule has 13 heteroatoms. The van der Waals surface area contributed by atoms with Crippen molar-refractivity contribution in [2.45, 2.75) is 19.6 Å². The molecule has 0 saturated carbocycles. The molecule has 1 N–H and O–H groups in total. The van der Waals surface area contributed by atoms with E-state index < -0.39 is 29.1 Å². The summed E-state index contributed by atoms with van der Waals surface area (Å²) < 4.78 is 46.6. The van der Waals surface area contributed by atoms with Gasteiger partial charge in [-0.05, 0) is 19.1 Å². The van der Waals surface area contributed by atoms with Gasteiger partial charge in [-0.3, -0.25) is 13.9 Å². The normalized spacial score (nSPS) is 14.0. The van der Waals surface area contributed by atoms with E-state index in [2.05, 4.69) is 26.9 Å². The summed E-state index contributed by atoms with van der Waals surface area (Å²) >= 11 is 0. The number of imidazole rings is 1. The highest BCUT2D eigenvalue weighted by Crippen LogP contribution is 2.28. The smallest absolute Gasteiger partial charge is 0.418 e. The number of halogens is 3. The Morgan fingerprint density at radius 2 is 1.89 bits per heavy atom. The number of fused-ring (bicyclic) bond motifs is 1. The van der Waals surface area contributed by atoms with Crippen LogP contribution in [-0.2, 0) is 18.4 Å². The first-order valence-electron chi connectivity index (χ1n) is 10.6. The molecule has 1 aliphatic rings. The van der Waals surface area contributed by atoms with Crippen LogP contribution in [0.4, 0.5) is 19.1 Å². The minimum Gasteiger partial charge on any atom is -0.418 e. The van der Waals surface area contributed by atoms with Crippen molar-refractivity contribution < 1.29 is 22.7 Å². The van der Waals surface area contributed by atoms with Crippen LogP contribution in [0.25, 0.3) is 16.9 Å². The van der Waals surface area contributed by atoms with Gasteiger partial charge in [0.15, 0.2) is 16.9 Å². The summed E-state index contributed by atoms with van der Waals surface area (Å²) in [6, 6.07) is 5.24. The van der Waals surface area contributed by atoms with Crippen molar-refractivity contribution >= 4 is 23.1 Å². The molecule has 0 bridgehead atoms. The summed E-state index contributed by atoms with van der Waals surface area (Å²) in [5.74, 6) is 3.11. The van der Waals surface area contributed by atoms with Crippen LogP contribution in [0.2, 0.25) is 0 Å². The van der Waals surface area contributed by atoms with Crippen molar-refractivity contribution in [3.05, 3.63) is 45.1 Å². The fourth-order valence-corrected chi connectivity index (χ4v) is 3.80. The van der Waals surface area contributed by atoms with Crippen LogP contribution in [-0.4, -0.2) is 57.0 Å². The van der Waals surface area contributed by atoms with Crippen LogP contribution in [0.15, 0.2) is 33.9 Å². The van der Waals surface area contributed by atoms with E-state index in [9.17, 15) is 27.6 Å². The van der Waals surface area contributed by atoms with Crippen molar-refractivity contribution in [1.29, 1.82) is 0 Å². The fraction of sp³-hybridized carbons (Fsp3) is 0.364. The predicted octanol–water partition coefficient (Wildman–Crippen LogP) is 0.787. The van der Waals surface area contributed by atoms with Gasteiger partial charge in [0.2, 0.25) is 5.95 Å². The predicted molar refractivity (Wildman–Crippen MR) is 121 cm³/mol. The summed E-state index contributed by atoms with van der Waals surface area (Å²) in [5.41, 5.74) is -1.72. The second-order valence-corrected chi connectivity index (χ2v) is 7.67. The summed E-state index contributed by atoms with van der Waals surface area (Å²) in [4.78, 5) is 44.4. The number of alkyl halides is 3. The molecule has 4 rings (SSSR count). The lowest BCUT2D eigenvalue weighted by molar-refractivity contribution is -0.189. The van der Waals surface area contributed by atoms with Crippen LogP contribution in [0, 0.1) is 11.8 Å². The maximum Gasteiger partial charge on any atom is 0.491 e. The first kappa shape index (κ1) is 24.1. The molecular formula is C22H21F3N6O4. The number of hydrogen-bond acceptors (Lipinski definition) is 7. The van der Waals surface area contributed by atoms with E-state index in [1.807, 2.05) is 4.90 Å². The largest absolute Gasteiger partial charge is 0.491 e. The van der Waals surface area contributed by atoms with Gasteiger partial charge in [-0.15, -0.1) is 5.92 Å². The average molecular weight is 490 g/mol. The van der Waals surface area contributed by atoms with E-state index in [4.69, 9.17) is 0 Å². The highest BCUT2D eigenvalue weighted by Gasteiger charge is 2.42. The lowest BCUT2D eigenvalue weighted by Crippen LogP contribution is -2.44. The number of para-hydroxylation sites is 2. The van der Waals surface area contributed by atoms with Gasteiger partial charge in [0, 0.05) is 33.2 Å². The Kier molecular flexibility index (Phi) is 6.40. The number of rotatable bonds is 4. The van der Waals surface area contributed by atoms with E-state index in [0.29, 0.717) is 32.1 Å². The summed E-state index contributed by atoms with van der Waals surface area (Å²) in [6.45, 7) is 4.24. The molecular weight excluding hydrogens is 469 g/mol. The fourth-order valence-electron chi connectivity index (χ4n) is 3.80. The van der Waals surface area contributed by atoms with Crippen molar-refractivity contribution in [2.75, 3.05) is 31.1 Å². The van der Waals surface area contributed by atoms with Crippen LogP contribution in [0.1, 0.15) is 6.92 Å². The minimum atomic E-state index is -5.24. The number of esters is 1. The third-order valence-electron chi connectivity index (χ3n) is 5.48. The van der Waals surface area contributed by atoms with Gasteiger partial charge in [-0.25, -0.2) is 14.2 Å². The molecule has 0 unspecified atom stereocenters. The molecule has 0 atom stereocenters. The zero-order chi connectivity index (χ0) is 25.3. The molecule has 3 heterocycles.